The molecule has 1 aromatic carbocycles. The lowest BCUT2D eigenvalue weighted by Gasteiger charge is -2.30. The summed E-state index contributed by atoms with van der Waals surface area (Å²) in [5, 5.41) is 0. The highest BCUT2D eigenvalue weighted by Gasteiger charge is 2.37. The molecular formula is C17H22O4S. The molecule has 0 N–H and O–H groups in total. The normalized spacial score (nSPS) is 26.1. The first-order valence-electron chi connectivity index (χ1n) is 7.79. The Labute approximate surface area is 132 Å². The predicted octanol–water partition coefficient (Wildman–Crippen LogP) is 3.22. The zero-order valence-electron chi connectivity index (χ0n) is 13.0. The van der Waals surface area contributed by atoms with E-state index in [2.05, 4.69) is 6.92 Å². The molecule has 1 fully saturated rings. The van der Waals surface area contributed by atoms with E-state index in [0.29, 0.717) is 35.2 Å². The molecule has 1 saturated heterocycles. The van der Waals surface area contributed by atoms with Crippen LogP contribution in [0.2, 0.25) is 0 Å². The lowest BCUT2D eigenvalue weighted by atomic mass is 9.95. The molecule has 0 aliphatic carbocycles. The summed E-state index contributed by atoms with van der Waals surface area (Å²) < 4.78 is 37.3. The van der Waals surface area contributed by atoms with Gasteiger partial charge in [0.25, 0.3) is 0 Å². The number of ether oxygens (including phenoxy) is 2. The summed E-state index contributed by atoms with van der Waals surface area (Å²) in [5.41, 5.74) is 1.04. The number of aryl methyl sites for hydroxylation is 1. The lowest BCUT2D eigenvalue weighted by molar-refractivity contribution is -0.0267. The van der Waals surface area contributed by atoms with Gasteiger partial charge in [0.1, 0.15) is 11.9 Å². The second-order valence-electron chi connectivity index (χ2n) is 6.11. The quantitative estimate of drug-likeness (QED) is 0.857. The summed E-state index contributed by atoms with van der Waals surface area (Å²) in [6, 6.07) is 6.98. The van der Waals surface area contributed by atoms with Gasteiger partial charge in [-0.1, -0.05) is 24.6 Å². The zero-order valence-corrected chi connectivity index (χ0v) is 13.9. The standard InChI is InChI=1S/C17H22O4S/c1-12-5-7-14(8-6-12)22(18,19)15-9-11-21-17(15)16-13(2)4-3-10-20-16/h5-8,13,16H,3-4,9-11H2,1-2H3/t13-,16-/m0/s1. The first kappa shape index (κ1) is 15.6. The minimum Gasteiger partial charge on any atom is -0.494 e. The average Bonchev–Trinajstić information content (AvgIpc) is 2.98. The smallest absolute Gasteiger partial charge is 0.206 e. The van der Waals surface area contributed by atoms with Crippen LogP contribution in [-0.4, -0.2) is 27.7 Å². The Kier molecular flexibility index (Phi) is 4.28. The Morgan fingerprint density at radius 2 is 1.86 bits per heavy atom. The third kappa shape index (κ3) is 2.79. The Morgan fingerprint density at radius 1 is 1.14 bits per heavy atom. The van der Waals surface area contributed by atoms with Gasteiger partial charge >= 0.3 is 0 Å². The van der Waals surface area contributed by atoms with E-state index in [1.165, 1.54) is 0 Å². The molecule has 120 valence electrons. The third-order valence-electron chi connectivity index (χ3n) is 4.39. The van der Waals surface area contributed by atoms with Crippen LogP contribution in [0, 0.1) is 12.8 Å². The van der Waals surface area contributed by atoms with Gasteiger partial charge in [0.2, 0.25) is 9.84 Å². The van der Waals surface area contributed by atoms with Gasteiger partial charge in [-0.05, 0) is 37.8 Å². The van der Waals surface area contributed by atoms with Gasteiger partial charge < -0.3 is 9.47 Å². The Bertz CT molecular complexity index is 673. The van der Waals surface area contributed by atoms with E-state index in [9.17, 15) is 8.42 Å². The van der Waals surface area contributed by atoms with Crippen molar-refractivity contribution in [2.45, 2.75) is 44.1 Å². The van der Waals surface area contributed by atoms with Crippen molar-refractivity contribution in [3.05, 3.63) is 40.5 Å². The molecule has 1 aromatic rings. The lowest BCUT2D eigenvalue weighted by Crippen LogP contribution is -2.30. The first-order chi connectivity index (χ1) is 10.5. The predicted molar refractivity (Wildman–Crippen MR) is 84.1 cm³/mol. The second kappa shape index (κ2) is 6.05. The van der Waals surface area contributed by atoms with Gasteiger partial charge in [-0.15, -0.1) is 0 Å². The van der Waals surface area contributed by atoms with E-state index in [4.69, 9.17) is 9.47 Å². The number of rotatable bonds is 3. The minimum atomic E-state index is -3.50. The molecule has 2 atom stereocenters. The molecule has 0 bridgehead atoms. The molecule has 2 aliphatic rings. The highest BCUT2D eigenvalue weighted by molar-refractivity contribution is 7.95. The van der Waals surface area contributed by atoms with E-state index in [0.717, 1.165) is 18.4 Å². The molecule has 0 spiro atoms. The largest absolute Gasteiger partial charge is 0.494 e. The van der Waals surface area contributed by atoms with E-state index in [1.807, 2.05) is 19.1 Å². The van der Waals surface area contributed by atoms with E-state index >= 15 is 0 Å². The van der Waals surface area contributed by atoms with Gasteiger partial charge in [-0.2, -0.15) is 0 Å². The monoisotopic (exact) mass is 322 g/mol. The molecule has 0 radical (unpaired) electrons. The van der Waals surface area contributed by atoms with Gasteiger partial charge in [0.15, 0.2) is 0 Å². The number of sulfone groups is 1. The SMILES string of the molecule is Cc1ccc(S(=O)(=O)C2=C([C@H]3OCCC[C@@H]3C)OCC2)cc1. The molecule has 0 aromatic heterocycles. The summed E-state index contributed by atoms with van der Waals surface area (Å²) >= 11 is 0. The van der Waals surface area contributed by atoms with Crippen LogP contribution in [0.4, 0.5) is 0 Å². The Hall–Kier alpha value is -1.33. The Balaban J connectivity index is 2.00. The van der Waals surface area contributed by atoms with E-state index < -0.39 is 9.84 Å². The van der Waals surface area contributed by atoms with Crippen molar-refractivity contribution >= 4 is 9.84 Å². The molecule has 3 rings (SSSR count). The van der Waals surface area contributed by atoms with Crippen LogP contribution in [0.3, 0.4) is 0 Å². The molecule has 0 amide bonds. The molecule has 22 heavy (non-hydrogen) atoms. The number of hydrogen-bond donors (Lipinski definition) is 0. The molecule has 2 heterocycles. The van der Waals surface area contributed by atoms with Gasteiger partial charge in [0, 0.05) is 13.0 Å². The van der Waals surface area contributed by atoms with Crippen LogP contribution in [0.15, 0.2) is 39.8 Å². The van der Waals surface area contributed by atoms with Crippen LogP contribution >= 0.6 is 0 Å². The molecular weight excluding hydrogens is 300 g/mol. The fourth-order valence-corrected chi connectivity index (χ4v) is 4.66. The van der Waals surface area contributed by atoms with Crippen molar-refractivity contribution in [1.29, 1.82) is 0 Å². The van der Waals surface area contributed by atoms with Crippen LogP contribution in [-0.2, 0) is 19.3 Å². The average molecular weight is 322 g/mol. The van der Waals surface area contributed by atoms with Gasteiger partial charge in [-0.25, -0.2) is 8.42 Å². The highest BCUT2D eigenvalue weighted by Crippen LogP contribution is 2.36. The summed E-state index contributed by atoms with van der Waals surface area (Å²) in [4.78, 5) is 0.731. The minimum absolute atomic E-state index is 0.230. The second-order valence-corrected chi connectivity index (χ2v) is 8.08. The van der Waals surface area contributed by atoms with Crippen molar-refractivity contribution < 1.29 is 17.9 Å². The van der Waals surface area contributed by atoms with Crippen molar-refractivity contribution in [3.8, 4) is 0 Å². The maximum Gasteiger partial charge on any atom is 0.206 e. The summed E-state index contributed by atoms with van der Waals surface area (Å²) in [6.45, 7) is 5.12. The molecule has 5 heteroatoms. The Morgan fingerprint density at radius 3 is 2.55 bits per heavy atom. The molecule has 0 unspecified atom stereocenters. The third-order valence-corrected chi connectivity index (χ3v) is 6.34. The van der Waals surface area contributed by atoms with Crippen molar-refractivity contribution in [2.24, 2.45) is 5.92 Å². The van der Waals surface area contributed by atoms with E-state index in [1.54, 1.807) is 12.1 Å². The maximum atomic E-state index is 12.9. The van der Waals surface area contributed by atoms with Crippen LogP contribution in [0.5, 0.6) is 0 Å². The van der Waals surface area contributed by atoms with Gasteiger partial charge in [0.05, 0.1) is 16.4 Å². The summed E-state index contributed by atoms with van der Waals surface area (Å²) in [7, 11) is -3.50. The highest BCUT2D eigenvalue weighted by atomic mass is 32.2. The van der Waals surface area contributed by atoms with Crippen LogP contribution < -0.4 is 0 Å². The summed E-state index contributed by atoms with van der Waals surface area (Å²) in [5.74, 6) is 0.817. The molecule has 4 nitrogen and oxygen atoms in total. The van der Waals surface area contributed by atoms with Gasteiger partial charge in [-0.3, -0.25) is 0 Å². The van der Waals surface area contributed by atoms with Crippen LogP contribution in [0.1, 0.15) is 31.7 Å². The van der Waals surface area contributed by atoms with Crippen molar-refractivity contribution in [3.63, 3.8) is 0 Å². The summed E-state index contributed by atoms with van der Waals surface area (Å²) in [6.07, 6.45) is 2.25. The van der Waals surface area contributed by atoms with Crippen molar-refractivity contribution in [1.82, 2.24) is 0 Å². The topological polar surface area (TPSA) is 52.6 Å². The number of benzene rings is 1. The number of hydrogen-bond acceptors (Lipinski definition) is 4. The van der Waals surface area contributed by atoms with Crippen molar-refractivity contribution in [2.75, 3.05) is 13.2 Å². The fourth-order valence-electron chi connectivity index (χ4n) is 3.09. The first-order valence-corrected chi connectivity index (χ1v) is 9.27. The zero-order chi connectivity index (χ0) is 15.7. The fraction of sp³-hybridized carbons (Fsp3) is 0.529. The molecule has 2 aliphatic heterocycles. The maximum absolute atomic E-state index is 12.9. The van der Waals surface area contributed by atoms with Crippen LogP contribution in [0.25, 0.3) is 0 Å². The van der Waals surface area contributed by atoms with E-state index in [-0.39, 0.29) is 12.0 Å². The molecule has 0 saturated carbocycles.